The Morgan fingerprint density at radius 3 is 2.54 bits per heavy atom. The number of carboxylic acids is 1. The Morgan fingerprint density at radius 2 is 1.77 bits per heavy atom. The minimum atomic E-state index is -0.845. The van der Waals surface area contributed by atoms with Crippen LogP contribution in [0.5, 0.6) is 0 Å². The van der Waals surface area contributed by atoms with Crippen LogP contribution in [0.1, 0.15) is 24.5 Å². The molecule has 1 N–H and O–H groups in total. The summed E-state index contributed by atoms with van der Waals surface area (Å²) in [6, 6.07) is 26.4. The Labute approximate surface area is 205 Å². The van der Waals surface area contributed by atoms with Gasteiger partial charge in [0.1, 0.15) is 5.69 Å². The van der Waals surface area contributed by atoms with Crippen molar-refractivity contribution in [3.05, 3.63) is 90.0 Å². The molecule has 0 amide bonds. The molecule has 0 aliphatic carbocycles. The standard InChI is InChI=1S/C29H30N2O4/c1-3-14-34-20-25-16-24(12-13-26(25)22-9-5-4-6-10-22)28-17-27(30-35-28)23-11-7-8-21(15-23)18-31(2)19-29(32)33/h4-13,15-17H,3,14,18-20H2,1-2H3,(H,32,33). The van der Waals surface area contributed by atoms with Crippen molar-refractivity contribution >= 4 is 5.97 Å². The Balaban J connectivity index is 1.59. The highest BCUT2D eigenvalue weighted by Gasteiger charge is 2.13. The third-order valence-electron chi connectivity index (χ3n) is 5.67. The van der Waals surface area contributed by atoms with E-state index in [1.54, 1.807) is 11.9 Å². The molecule has 0 unspecified atom stereocenters. The number of likely N-dealkylation sites (N-methyl/N-ethyl adjacent to an activating group) is 1. The van der Waals surface area contributed by atoms with Crippen molar-refractivity contribution in [1.82, 2.24) is 10.1 Å². The highest BCUT2D eigenvalue weighted by atomic mass is 16.5. The van der Waals surface area contributed by atoms with Gasteiger partial charge in [-0.25, -0.2) is 0 Å². The zero-order valence-electron chi connectivity index (χ0n) is 20.1. The van der Waals surface area contributed by atoms with Gasteiger partial charge in [-0.15, -0.1) is 0 Å². The molecular weight excluding hydrogens is 440 g/mol. The van der Waals surface area contributed by atoms with Crippen LogP contribution in [0.4, 0.5) is 0 Å². The number of hydrogen-bond acceptors (Lipinski definition) is 5. The van der Waals surface area contributed by atoms with Crippen molar-refractivity contribution in [3.8, 4) is 33.7 Å². The van der Waals surface area contributed by atoms with Gasteiger partial charge in [0, 0.05) is 30.3 Å². The predicted molar refractivity (Wildman–Crippen MR) is 137 cm³/mol. The third-order valence-corrected chi connectivity index (χ3v) is 5.67. The number of benzene rings is 3. The van der Waals surface area contributed by atoms with Crippen molar-refractivity contribution in [2.45, 2.75) is 26.5 Å². The molecule has 35 heavy (non-hydrogen) atoms. The van der Waals surface area contributed by atoms with Crippen LogP contribution in [0.2, 0.25) is 0 Å². The quantitative estimate of drug-likeness (QED) is 0.266. The average Bonchev–Trinajstić information content (AvgIpc) is 3.35. The minimum absolute atomic E-state index is 0.0123. The first-order valence-corrected chi connectivity index (χ1v) is 11.8. The van der Waals surface area contributed by atoms with E-state index in [9.17, 15) is 4.79 Å². The van der Waals surface area contributed by atoms with Gasteiger partial charge in [-0.05, 0) is 47.9 Å². The van der Waals surface area contributed by atoms with Crippen LogP contribution in [0.15, 0.2) is 83.4 Å². The highest BCUT2D eigenvalue weighted by Crippen LogP contribution is 2.32. The summed E-state index contributed by atoms with van der Waals surface area (Å²) < 4.78 is 11.6. The summed E-state index contributed by atoms with van der Waals surface area (Å²) in [5.74, 6) is -0.160. The molecule has 0 saturated heterocycles. The van der Waals surface area contributed by atoms with Gasteiger partial charge >= 0.3 is 5.97 Å². The zero-order chi connectivity index (χ0) is 24.6. The lowest BCUT2D eigenvalue weighted by Crippen LogP contribution is -2.25. The summed E-state index contributed by atoms with van der Waals surface area (Å²) in [6.45, 7) is 3.86. The maximum atomic E-state index is 11.0. The molecule has 0 saturated carbocycles. The van der Waals surface area contributed by atoms with Crippen LogP contribution in [-0.4, -0.2) is 41.3 Å². The van der Waals surface area contributed by atoms with E-state index in [0.717, 1.165) is 45.5 Å². The van der Waals surface area contributed by atoms with E-state index in [-0.39, 0.29) is 6.54 Å². The minimum Gasteiger partial charge on any atom is -0.480 e. The molecule has 1 heterocycles. The molecule has 0 spiro atoms. The van der Waals surface area contributed by atoms with E-state index >= 15 is 0 Å². The number of nitrogens with zero attached hydrogens (tertiary/aromatic N) is 2. The number of aromatic nitrogens is 1. The lowest BCUT2D eigenvalue weighted by atomic mass is 9.97. The highest BCUT2D eigenvalue weighted by molar-refractivity contribution is 5.74. The fourth-order valence-electron chi connectivity index (χ4n) is 4.07. The third kappa shape index (κ3) is 6.44. The van der Waals surface area contributed by atoms with Crippen LogP contribution in [0, 0.1) is 0 Å². The maximum absolute atomic E-state index is 11.0. The van der Waals surface area contributed by atoms with Gasteiger partial charge in [-0.2, -0.15) is 0 Å². The van der Waals surface area contributed by atoms with E-state index in [4.69, 9.17) is 14.4 Å². The summed E-state index contributed by atoms with van der Waals surface area (Å²) in [6.07, 6.45) is 0.969. The van der Waals surface area contributed by atoms with Crippen molar-refractivity contribution in [2.75, 3.05) is 20.2 Å². The SMILES string of the molecule is CCCOCc1cc(-c2cc(-c3cccc(CN(C)CC(=O)O)c3)no2)ccc1-c1ccccc1. The predicted octanol–water partition coefficient (Wildman–Crippen LogP) is 6.12. The lowest BCUT2D eigenvalue weighted by Gasteiger charge is -2.14. The molecule has 1 aromatic heterocycles. The number of carboxylic acid groups (broad SMARTS) is 1. The van der Waals surface area contributed by atoms with Crippen LogP contribution in [0.25, 0.3) is 33.7 Å². The van der Waals surface area contributed by atoms with E-state index in [1.807, 2.05) is 54.6 Å². The summed E-state index contributed by atoms with van der Waals surface area (Å²) in [4.78, 5) is 12.7. The molecule has 0 aliphatic heterocycles. The van der Waals surface area contributed by atoms with Gasteiger partial charge in [0.25, 0.3) is 0 Å². The monoisotopic (exact) mass is 470 g/mol. The van der Waals surface area contributed by atoms with Gasteiger partial charge < -0.3 is 14.4 Å². The van der Waals surface area contributed by atoms with E-state index in [0.29, 0.717) is 25.5 Å². The van der Waals surface area contributed by atoms with Gasteiger partial charge in [0.2, 0.25) is 0 Å². The van der Waals surface area contributed by atoms with Crippen LogP contribution in [-0.2, 0) is 22.7 Å². The molecule has 0 bridgehead atoms. The average molecular weight is 471 g/mol. The Hall–Kier alpha value is -3.74. The summed E-state index contributed by atoms with van der Waals surface area (Å²) in [5, 5.41) is 13.3. The van der Waals surface area contributed by atoms with E-state index in [1.165, 1.54) is 0 Å². The second-order valence-corrected chi connectivity index (χ2v) is 8.63. The van der Waals surface area contributed by atoms with Gasteiger partial charge in [0.05, 0.1) is 13.2 Å². The summed E-state index contributed by atoms with van der Waals surface area (Å²) in [7, 11) is 1.79. The molecule has 0 radical (unpaired) electrons. The Bertz CT molecular complexity index is 1270. The number of hydrogen-bond donors (Lipinski definition) is 1. The number of ether oxygens (including phenoxy) is 1. The van der Waals surface area contributed by atoms with Crippen LogP contribution in [0.3, 0.4) is 0 Å². The van der Waals surface area contributed by atoms with E-state index < -0.39 is 5.97 Å². The van der Waals surface area contributed by atoms with Gasteiger partial charge in [-0.1, -0.05) is 72.7 Å². The molecule has 0 fully saturated rings. The topological polar surface area (TPSA) is 75.8 Å². The second-order valence-electron chi connectivity index (χ2n) is 8.63. The molecular formula is C29H30N2O4. The smallest absolute Gasteiger partial charge is 0.317 e. The molecule has 180 valence electrons. The molecule has 0 aliphatic rings. The van der Waals surface area contributed by atoms with Crippen LogP contribution < -0.4 is 0 Å². The first-order chi connectivity index (χ1) is 17.0. The first-order valence-electron chi connectivity index (χ1n) is 11.8. The maximum Gasteiger partial charge on any atom is 0.317 e. The van der Waals surface area contributed by atoms with Gasteiger partial charge in [-0.3, -0.25) is 9.69 Å². The number of rotatable bonds is 11. The molecule has 0 atom stereocenters. The Morgan fingerprint density at radius 1 is 0.971 bits per heavy atom. The van der Waals surface area contributed by atoms with Crippen LogP contribution >= 0.6 is 0 Å². The summed E-state index contributed by atoms with van der Waals surface area (Å²) in [5.41, 5.74) is 7.01. The van der Waals surface area contributed by atoms with Crippen molar-refractivity contribution in [3.63, 3.8) is 0 Å². The fourth-order valence-corrected chi connectivity index (χ4v) is 4.07. The summed E-state index contributed by atoms with van der Waals surface area (Å²) >= 11 is 0. The lowest BCUT2D eigenvalue weighted by molar-refractivity contribution is -0.138. The zero-order valence-corrected chi connectivity index (χ0v) is 20.1. The molecule has 6 heteroatoms. The van der Waals surface area contributed by atoms with Crippen molar-refractivity contribution in [2.24, 2.45) is 0 Å². The number of aliphatic carboxylic acids is 1. The molecule has 4 rings (SSSR count). The molecule has 4 aromatic rings. The second kappa shape index (κ2) is 11.6. The molecule has 6 nitrogen and oxygen atoms in total. The van der Waals surface area contributed by atoms with Crippen molar-refractivity contribution in [1.29, 1.82) is 0 Å². The first kappa shape index (κ1) is 24.4. The number of carbonyl (C=O) groups is 1. The van der Waals surface area contributed by atoms with Gasteiger partial charge in [0.15, 0.2) is 5.76 Å². The largest absolute Gasteiger partial charge is 0.480 e. The molecule has 3 aromatic carbocycles. The fraction of sp³-hybridized carbons (Fsp3) is 0.241. The normalized spacial score (nSPS) is 11.2. The Kier molecular flexibility index (Phi) is 8.08. The van der Waals surface area contributed by atoms with E-state index in [2.05, 4.69) is 36.3 Å². The van der Waals surface area contributed by atoms with Crippen molar-refractivity contribution < 1.29 is 19.2 Å².